The van der Waals surface area contributed by atoms with Crippen molar-refractivity contribution in [2.45, 2.75) is 11.8 Å². The summed E-state index contributed by atoms with van der Waals surface area (Å²) < 4.78 is 13.3. The molecule has 0 spiro atoms. The summed E-state index contributed by atoms with van der Waals surface area (Å²) in [5.41, 5.74) is 1.99. The Morgan fingerprint density at radius 1 is 1.32 bits per heavy atom. The summed E-state index contributed by atoms with van der Waals surface area (Å²) in [5.74, 6) is 0.100. The van der Waals surface area contributed by atoms with E-state index in [-0.39, 0.29) is 16.3 Å². The summed E-state index contributed by atoms with van der Waals surface area (Å²) in [5, 5.41) is -0.0148. The summed E-state index contributed by atoms with van der Waals surface area (Å²) in [4.78, 5) is 17.9. The first kappa shape index (κ1) is 15.3. The fourth-order valence-corrected chi connectivity index (χ4v) is 3.83. The first-order valence-corrected chi connectivity index (χ1v) is 8.33. The van der Waals surface area contributed by atoms with E-state index in [4.69, 9.17) is 11.6 Å². The third kappa shape index (κ3) is 3.25. The summed E-state index contributed by atoms with van der Waals surface area (Å²) in [6.45, 7) is 0.621. The van der Waals surface area contributed by atoms with Crippen LogP contribution in [0, 0.1) is 5.82 Å². The van der Waals surface area contributed by atoms with Crippen molar-refractivity contribution in [1.29, 1.82) is 0 Å². The molecule has 1 saturated heterocycles. The van der Waals surface area contributed by atoms with Crippen LogP contribution < -0.4 is 0 Å². The molecule has 114 valence electrons. The number of nitrogens with zero attached hydrogens (tertiary/aromatic N) is 2. The van der Waals surface area contributed by atoms with Crippen LogP contribution in [-0.2, 0) is 11.2 Å². The molecule has 1 aliphatic heterocycles. The Hall–Kier alpha value is -1.59. The van der Waals surface area contributed by atoms with Crippen LogP contribution in [0.4, 0.5) is 4.39 Å². The fraction of sp³-hybridized carbons (Fsp3) is 0.250. The Labute approximate surface area is 137 Å². The topological polar surface area (TPSA) is 33.2 Å². The van der Waals surface area contributed by atoms with Gasteiger partial charge in [-0.2, -0.15) is 0 Å². The van der Waals surface area contributed by atoms with E-state index in [9.17, 15) is 9.18 Å². The number of thioether (sulfide) groups is 1. The van der Waals surface area contributed by atoms with Gasteiger partial charge in [-0.15, -0.1) is 11.8 Å². The van der Waals surface area contributed by atoms with Crippen molar-refractivity contribution in [1.82, 2.24) is 9.88 Å². The van der Waals surface area contributed by atoms with Crippen molar-refractivity contribution in [2.75, 3.05) is 12.3 Å². The zero-order chi connectivity index (χ0) is 15.5. The molecule has 0 N–H and O–H groups in total. The third-order valence-electron chi connectivity index (χ3n) is 3.59. The Morgan fingerprint density at radius 2 is 2.09 bits per heavy atom. The van der Waals surface area contributed by atoms with Gasteiger partial charge in [0.25, 0.3) is 0 Å². The predicted molar refractivity (Wildman–Crippen MR) is 86.3 cm³/mol. The van der Waals surface area contributed by atoms with Crippen molar-refractivity contribution in [3.63, 3.8) is 0 Å². The molecule has 3 rings (SSSR count). The second-order valence-corrected chi connectivity index (χ2v) is 6.51. The SMILES string of the molecule is O=C1CSC(c2ccc(F)c(Cl)c2)N1CCc1ccncc1. The van der Waals surface area contributed by atoms with Gasteiger partial charge in [0.1, 0.15) is 11.2 Å². The second kappa shape index (κ2) is 6.67. The lowest BCUT2D eigenvalue weighted by Gasteiger charge is -2.24. The fourth-order valence-electron chi connectivity index (χ4n) is 2.44. The lowest BCUT2D eigenvalue weighted by molar-refractivity contribution is -0.128. The number of rotatable bonds is 4. The summed E-state index contributed by atoms with van der Waals surface area (Å²) in [7, 11) is 0. The molecule has 1 aliphatic rings. The average Bonchev–Trinajstić information content (AvgIpc) is 2.90. The Bertz CT molecular complexity index is 683. The van der Waals surface area contributed by atoms with Crippen LogP contribution in [0.25, 0.3) is 0 Å². The van der Waals surface area contributed by atoms with Gasteiger partial charge in [0, 0.05) is 18.9 Å². The number of carbonyl (C=O) groups excluding carboxylic acids is 1. The van der Waals surface area contributed by atoms with Crippen LogP contribution in [0.15, 0.2) is 42.7 Å². The van der Waals surface area contributed by atoms with Crippen molar-refractivity contribution in [3.8, 4) is 0 Å². The van der Waals surface area contributed by atoms with Crippen molar-refractivity contribution < 1.29 is 9.18 Å². The van der Waals surface area contributed by atoms with Gasteiger partial charge in [-0.3, -0.25) is 9.78 Å². The molecule has 2 heterocycles. The number of carbonyl (C=O) groups is 1. The highest BCUT2D eigenvalue weighted by Gasteiger charge is 2.32. The number of aromatic nitrogens is 1. The van der Waals surface area contributed by atoms with Crippen LogP contribution in [0.5, 0.6) is 0 Å². The Balaban J connectivity index is 1.75. The van der Waals surface area contributed by atoms with E-state index in [0.717, 1.165) is 17.5 Å². The normalized spacial score (nSPS) is 18.0. The number of pyridine rings is 1. The smallest absolute Gasteiger partial charge is 0.233 e. The van der Waals surface area contributed by atoms with E-state index in [2.05, 4.69) is 4.98 Å². The van der Waals surface area contributed by atoms with E-state index in [1.54, 1.807) is 36.3 Å². The minimum Gasteiger partial charge on any atom is -0.325 e. The van der Waals surface area contributed by atoms with Gasteiger partial charge in [0.05, 0.1) is 10.8 Å². The van der Waals surface area contributed by atoms with E-state index >= 15 is 0 Å². The molecule has 1 amide bonds. The average molecular weight is 337 g/mol. The quantitative estimate of drug-likeness (QED) is 0.853. The van der Waals surface area contributed by atoms with E-state index in [1.165, 1.54) is 6.07 Å². The number of amides is 1. The van der Waals surface area contributed by atoms with Crippen molar-refractivity contribution >= 4 is 29.3 Å². The lowest BCUT2D eigenvalue weighted by Crippen LogP contribution is -2.30. The molecule has 2 aromatic rings. The van der Waals surface area contributed by atoms with Crippen LogP contribution in [0.3, 0.4) is 0 Å². The number of hydrogen-bond donors (Lipinski definition) is 0. The van der Waals surface area contributed by atoms with E-state index in [0.29, 0.717) is 12.3 Å². The van der Waals surface area contributed by atoms with E-state index < -0.39 is 5.82 Å². The molecule has 6 heteroatoms. The molecule has 1 aromatic carbocycles. The summed E-state index contributed by atoms with van der Waals surface area (Å²) in [6.07, 6.45) is 4.25. The van der Waals surface area contributed by atoms with Crippen molar-refractivity contribution in [3.05, 3.63) is 64.7 Å². The van der Waals surface area contributed by atoms with Gasteiger partial charge in [-0.1, -0.05) is 17.7 Å². The van der Waals surface area contributed by atoms with Gasteiger partial charge < -0.3 is 4.90 Å². The lowest BCUT2D eigenvalue weighted by atomic mass is 10.1. The molecule has 1 atom stereocenters. The molecule has 1 aromatic heterocycles. The largest absolute Gasteiger partial charge is 0.325 e. The second-order valence-electron chi connectivity index (χ2n) is 5.03. The zero-order valence-electron chi connectivity index (χ0n) is 11.7. The van der Waals surface area contributed by atoms with Gasteiger partial charge in [-0.05, 0) is 41.8 Å². The molecule has 3 nitrogen and oxygen atoms in total. The molecule has 1 fully saturated rings. The van der Waals surface area contributed by atoms with Crippen LogP contribution in [0.2, 0.25) is 5.02 Å². The van der Waals surface area contributed by atoms with Gasteiger partial charge in [0.2, 0.25) is 5.91 Å². The Morgan fingerprint density at radius 3 is 2.82 bits per heavy atom. The maximum atomic E-state index is 13.3. The Kier molecular flexibility index (Phi) is 4.64. The molecule has 0 aliphatic carbocycles. The maximum Gasteiger partial charge on any atom is 0.233 e. The summed E-state index contributed by atoms with van der Waals surface area (Å²) >= 11 is 7.40. The highest BCUT2D eigenvalue weighted by molar-refractivity contribution is 8.00. The zero-order valence-corrected chi connectivity index (χ0v) is 13.3. The first-order chi connectivity index (χ1) is 10.6. The first-order valence-electron chi connectivity index (χ1n) is 6.90. The van der Waals surface area contributed by atoms with Crippen molar-refractivity contribution in [2.24, 2.45) is 0 Å². The van der Waals surface area contributed by atoms with Crippen LogP contribution >= 0.6 is 23.4 Å². The van der Waals surface area contributed by atoms with Gasteiger partial charge >= 0.3 is 0 Å². The van der Waals surface area contributed by atoms with Gasteiger partial charge in [0.15, 0.2) is 0 Å². The van der Waals surface area contributed by atoms with E-state index in [1.807, 2.05) is 17.0 Å². The predicted octanol–water partition coefficient (Wildman–Crippen LogP) is 3.69. The van der Waals surface area contributed by atoms with Crippen LogP contribution in [0.1, 0.15) is 16.5 Å². The molecule has 22 heavy (non-hydrogen) atoms. The number of benzene rings is 1. The number of hydrogen-bond acceptors (Lipinski definition) is 3. The molecule has 0 bridgehead atoms. The monoisotopic (exact) mass is 336 g/mol. The minimum atomic E-state index is -0.442. The minimum absolute atomic E-state index is 0.0894. The highest BCUT2D eigenvalue weighted by Crippen LogP contribution is 2.39. The molecular weight excluding hydrogens is 323 g/mol. The third-order valence-corrected chi connectivity index (χ3v) is 5.13. The highest BCUT2D eigenvalue weighted by atomic mass is 35.5. The molecule has 1 unspecified atom stereocenters. The summed E-state index contributed by atoms with van der Waals surface area (Å²) in [6, 6.07) is 8.53. The standard InChI is InChI=1S/C16H14ClFN2OS/c17-13-9-12(1-2-14(13)18)16-20(15(21)10-22-16)8-5-11-3-6-19-7-4-11/h1-4,6-7,9,16H,5,8,10H2. The van der Waals surface area contributed by atoms with Crippen LogP contribution in [-0.4, -0.2) is 28.1 Å². The van der Waals surface area contributed by atoms with Gasteiger partial charge in [-0.25, -0.2) is 4.39 Å². The molecular formula is C16H14ClFN2OS. The maximum absolute atomic E-state index is 13.3. The number of halogens is 2. The molecule has 0 radical (unpaired) electrons. The molecule has 0 saturated carbocycles.